The maximum atomic E-state index is 12.8. The van der Waals surface area contributed by atoms with E-state index >= 15 is 0 Å². The Morgan fingerprint density at radius 1 is 1.11 bits per heavy atom. The van der Waals surface area contributed by atoms with Crippen molar-refractivity contribution in [1.29, 1.82) is 0 Å². The Labute approximate surface area is 161 Å². The molecule has 8 nitrogen and oxygen atoms in total. The molecule has 0 fully saturated rings. The molecule has 0 spiro atoms. The molecule has 1 aromatic heterocycles. The predicted molar refractivity (Wildman–Crippen MR) is 106 cm³/mol. The first-order valence-electron chi connectivity index (χ1n) is 8.56. The molecule has 1 N–H and O–H groups in total. The number of aromatic nitrogens is 2. The third-order valence-corrected chi connectivity index (χ3v) is 4.26. The molecule has 0 saturated heterocycles. The summed E-state index contributed by atoms with van der Waals surface area (Å²) in [5.74, 6) is -0.121. The van der Waals surface area contributed by atoms with Crippen molar-refractivity contribution in [2.75, 3.05) is 26.0 Å². The fourth-order valence-corrected chi connectivity index (χ4v) is 2.80. The zero-order valence-corrected chi connectivity index (χ0v) is 15.8. The molecule has 0 aliphatic rings. The first kappa shape index (κ1) is 19.1. The number of carbonyl (C=O) groups excluding carboxylic acids is 2. The standard InChI is InChI=1S/C20H20N4O4/c1-23(12-17(25)21-13-8-10-14(28-3)11-9-13)20(27)18-15-6-4-5-7-16(15)19(26)24(2)22-18/h4-11H,12H2,1-3H3,(H,21,25). The van der Waals surface area contributed by atoms with E-state index in [0.29, 0.717) is 22.2 Å². The lowest BCUT2D eigenvalue weighted by atomic mass is 10.1. The Morgan fingerprint density at radius 3 is 2.39 bits per heavy atom. The number of nitrogens with one attached hydrogen (secondary N) is 1. The van der Waals surface area contributed by atoms with Crippen molar-refractivity contribution in [3.63, 3.8) is 0 Å². The van der Waals surface area contributed by atoms with Crippen molar-refractivity contribution in [1.82, 2.24) is 14.7 Å². The number of hydrogen-bond donors (Lipinski definition) is 1. The molecule has 2 amide bonds. The van der Waals surface area contributed by atoms with Gasteiger partial charge in [-0.05, 0) is 30.3 Å². The van der Waals surface area contributed by atoms with Crippen molar-refractivity contribution >= 4 is 28.3 Å². The lowest BCUT2D eigenvalue weighted by molar-refractivity contribution is -0.116. The van der Waals surface area contributed by atoms with Crippen molar-refractivity contribution in [2.45, 2.75) is 0 Å². The van der Waals surface area contributed by atoms with Crippen LogP contribution in [0.4, 0.5) is 5.69 Å². The van der Waals surface area contributed by atoms with Crippen molar-refractivity contribution in [2.24, 2.45) is 7.05 Å². The van der Waals surface area contributed by atoms with E-state index in [1.807, 2.05) is 0 Å². The molecule has 0 unspecified atom stereocenters. The van der Waals surface area contributed by atoms with Gasteiger partial charge >= 0.3 is 0 Å². The Morgan fingerprint density at radius 2 is 1.75 bits per heavy atom. The highest BCUT2D eigenvalue weighted by atomic mass is 16.5. The number of benzene rings is 2. The Kier molecular flexibility index (Phi) is 5.39. The summed E-state index contributed by atoms with van der Waals surface area (Å²) in [5, 5.41) is 7.68. The van der Waals surface area contributed by atoms with Gasteiger partial charge in [0.15, 0.2) is 5.69 Å². The van der Waals surface area contributed by atoms with Gasteiger partial charge in [-0.3, -0.25) is 14.4 Å². The van der Waals surface area contributed by atoms with Crippen molar-refractivity contribution in [3.8, 4) is 5.75 Å². The summed E-state index contributed by atoms with van der Waals surface area (Å²) in [6.07, 6.45) is 0. The van der Waals surface area contributed by atoms with Crippen LogP contribution < -0.4 is 15.6 Å². The first-order chi connectivity index (χ1) is 13.4. The first-order valence-corrected chi connectivity index (χ1v) is 8.56. The number of rotatable bonds is 5. The Balaban J connectivity index is 1.77. The lowest BCUT2D eigenvalue weighted by Crippen LogP contribution is -2.36. The number of fused-ring (bicyclic) bond motifs is 1. The average molecular weight is 380 g/mol. The Bertz CT molecular complexity index is 1090. The molecule has 2 aromatic carbocycles. The second-order valence-corrected chi connectivity index (χ2v) is 6.26. The summed E-state index contributed by atoms with van der Waals surface area (Å²) >= 11 is 0. The molecule has 144 valence electrons. The molecule has 1 heterocycles. The van der Waals surface area contributed by atoms with E-state index in [9.17, 15) is 14.4 Å². The summed E-state index contributed by atoms with van der Waals surface area (Å²) in [4.78, 5) is 38.6. The zero-order chi connectivity index (χ0) is 20.3. The SMILES string of the molecule is COc1ccc(NC(=O)CN(C)C(=O)c2nn(C)c(=O)c3ccccc23)cc1. The van der Waals surface area contributed by atoms with Crippen LogP contribution >= 0.6 is 0 Å². The highest BCUT2D eigenvalue weighted by Gasteiger charge is 2.21. The second kappa shape index (κ2) is 7.91. The van der Waals surface area contributed by atoms with Crippen LogP contribution in [0, 0.1) is 0 Å². The van der Waals surface area contributed by atoms with Gasteiger partial charge in [-0.15, -0.1) is 0 Å². The molecular weight excluding hydrogens is 360 g/mol. The van der Waals surface area contributed by atoms with Gasteiger partial charge in [0, 0.05) is 25.2 Å². The third-order valence-electron chi connectivity index (χ3n) is 4.26. The quantitative estimate of drug-likeness (QED) is 0.726. The molecule has 0 bridgehead atoms. The maximum absolute atomic E-state index is 12.8. The molecule has 0 aliphatic carbocycles. The van der Waals surface area contributed by atoms with E-state index in [-0.39, 0.29) is 23.7 Å². The Hall–Kier alpha value is -3.68. The van der Waals surface area contributed by atoms with Crippen LogP contribution in [0.2, 0.25) is 0 Å². The van der Waals surface area contributed by atoms with Crippen molar-refractivity contribution < 1.29 is 14.3 Å². The fraction of sp³-hybridized carbons (Fsp3) is 0.200. The van der Waals surface area contributed by atoms with Gasteiger partial charge in [0.05, 0.1) is 19.0 Å². The van der Waals surface area contributed by atoms with Gasteiger partial charge in [0.25, 0.3) is 11.5 Å². The molecule has 0 radical (unpaired) electrons. The minimum absolute atomic E-state index is 0.123. The van der Waals surface area contributed by atoms with Crippen LogP contribution in [0.25, 0.3) is 10.8 Å². The highest BCUT2D eigenvalue weighted by Crippen LogP contribution is 2.16. The molecule has 28 heavy (non-hydrogen) atoms. The maximum Gasteiger partial charge on any atom is 0.275 e. The van der Waals surface area contributed by atoms with E-state index in [0.717, 1.165) is 4.68 Å². The van der Waals surface area contributed by atoms with Crippen LogP contribution in [0.5, 0.6) is 5.75 Å². The number of aryl methyl sites for hydroxylation is 1. The van der Waals surface area contributed by atoms with Gasteiger partial charge in [0.2, 0.25) is 5.91 Å². The monoisotopic (exact) mass is 380 g/mol. The summed E-state index contributed by atoms with van der Waals surface area (Å²) < 4.78 is 6.20. The zero-order valence-electron chi connectivity index (χ0n) is 15.8. The second-order valence-electron chi connectivity index (χ2n) is 6.26. The van der Waals surface area contributed by atoms with Crippen LogP contribution in [0.1, 0.15) is 10.5 Å². The largest absolute Gasteiger partial charge is 0.497 e. The number of carbonyl (C=O) groups is 2. The summed E-state index contributed by atoms with van der Waals surface area (Å²) in [5.41, 5.74) is 0.432. The number of anilines is 1. The molecule has 0 saturated carbocycles. The third kappa shape index (κ3) is 3.85. The number of amides is 2. The molecule has 0 aliphatic heterocycles. The summed E-state index contributed by atoms with van der Waals surface area (Å²) in [7, 11) is 4.56. The van der Waals surface area contributed by atoms with Gasteiger partial charge < -0.3 is 15.0 Å². The topological polar surface area (TPSA) is 93.5 Å². The van der Waals surface area contributed by atoms with Crippen LogP contribution in [0.3, 0.4) is 0 Å². The minimum Gasteiger partial charge on any atom is -0.497 e. The predicted octanol–water partition coefficient (Wildman–Crippen LogP) is 1.65. The molecular formula is C20H20N4O4. The number of hydrogen-bond acceptors (Lipinski definition) is 5. The molecule has 3 rings (SSSR count). The van der Waals surface area contributed by atoms with E-state index in [1.54, 1.807) is 55.6 Å². The van der Waals surface area contributed by atoms with Gasteiger partial charge in [-0.2, -0.15) is 5.10 Å². The number of likely N-dealkylation sites (N-methyl/N-ethyl adjacent to an activating group) is 1. The molecule has 3 aromatic rings. The van der Waals surface area contributed by atoms with E-state index in [4.69, 9.17) is 4.74 Å². The van der Waals surface area contributed by atoms with Crippen LogP contribution in [-0.2, 0) is 11.8 Å². The fourth-order valence-electron chi connectivity index (χ4n) is 2.80. The highest BCUT2D eigenvalue weighted by molar-refractivity contribution is 6.06. The van der Waals surface area contributed by atoms with Gasteiger partial charge in [-0.25, -0.2) is 4.68 Å². The molecule has 8 heteroatoms. The van der Waals surface area contributed by atoms with Gasteiger partial charge in [0.1, 0.15) is 5.75 Å². The normalized spacial score (nSPS) is 10.5. The summed E-state index contributed by atoms with van der Waals surface area (Å²) in [6.45, 7) is -0.163. The van der Waals surface area contributed by atoms with E-state index in [1.165, 1.54) is 19.0 Å². The van der Waals surface area contributed by atoms with Crippen LogP contribution in [0.15, 0.2) is 53.3 Å². The average Bonchev–Trinajstić information content (AvgIpc) is 2.70. The number of ether oxygens (including phenoxy) is 1. The minimum atomic E-state index is -0.448. The number of nitrogens with zero attached hydrogens (tertiary/aromatic N) is 3. The van der Waals surface area contributed by atoms with Crippen LogP contribution in [-0.4, -0.2) is 47.2 Å². The smallest absolute Gasteiger partial charge is 0.275 e. The molecule has 0 atom stereocenters. The van der Waals surface area contributed by atoms with Crippen molar-refractivity contribution in [3.05, 3.63) is 64.6 Å². The number of methoxy groups -OCH3 is 1. The van der Waals surface area contributed by atoms with Gasteiger partial charge in [-0.1, -0.05) is 18.2 Å². The lowest BCUT2D eigenvalue weighted by Gasteiger charge is -2.17. The summed E-state index contributed by atoms with van der Waals surface area (Å²) in [6, 6.07) is 13.6. The van der Waals surface area contributed by atoms with E-state index < -0.39 is 5.91 Å². The van der Waals surface area contributed by atoms with E-state index in [2.05, 4.69) is 10.4 Å².